The molecule has 8 nitrogen and oxygen atoms in total. The Balaban J connectivity index is 1.96. The summed E-state index contributed by atoms with van der Waals surface area (Å²) in [7, 11) is 0. The highest BCUT2D eigenvalue weighted by molar-refractivity contribution is 6.07. The number of nitrogens with zero attached hydrogens (tertiary/aromatic N) is 2. The fourth-order valence-corrected chi connectivity index (χ4v) is 3.10. The molecular weight excluding hydrogens is 312 g/mol. The molecule has 1 amide bonds. The van der Waals surface area contributed by atoms with Crippen molar-refractivity contribution in [2.75, 3.05) is 5.32 Å². The average molecular weight is 322 g/mol. The molecule has 0 fully saturated rings. The van der Waals surface area contributed by atoms with Crippen molar-refractivity contribution in [1.29, 1.82) is 0 Å². The van der Waals surface area contributed by atoms with Crippen LogP contribution in [0.3, 0.4) is 0 Å². The number of rotatable bonds is 3. The molecule has 8 heteroatoms. The number of fused-ring (bicyclic) bond motifs is 2. The zero-order valence-corrected chi connectivity index (χ0v) is 12.1. The molecule has 2 heterocycles. The number of carbonyl (C=O) groups is 1. The maximum atomic E-state index is 12.4. The van der Waals surface area contributed by atoms with Crippen molar-refractivity contribution in [1.82, 2.24) is 4.98 Å². The molecule has 0 saturated carbocycles. The number of H-pyrrole nitrogens is 1. The lowest BCUT2D eigenvalue weighted by molar-refractivity contribution is -0.384. The molecule has 0 bridgehead atoms. The van der Waals surface area contributed by atoms with Gasteiger partial charge in [-0.15, -0.1) is 4.91 Å². The van der Waals surface area contributed by atoms with Gasteiger partial charge in [0.2, 0.25) is 5.91 Å². The van der Waals surface area contributed by atoms with E-state index < -0.39 is 10.8 Å². The number of aromatic amines is 1. The van der Waals surface area contributed by atoms with Crippen molar-refractivity contribution < 1.29 is 9.72 Å². The Bertz CT molecular complexity index is 1020. The van der Waals surface area contributed by atoms with Crippen LogP contribution in [0.5, 0.6) is 0 Å². The van der Waals surface area contributed by atoms with Crippen molar-refractivity contribution in [3.8, 4) is 0 Å². The van der Waals surface area contributed by atoms with Gasteiger partial charge < -0.3 is 10.3 Å². The number of nitro benzene ring substituents is 1. The molecule has 1 aliphatic heterocycles. The van der Waals surface area contributed by atoms with Crippen LogP contribution >= 0.6 is 0 Å². The zero-order valence-electron chi connectivity index (χ0n) is 12.1. The summed E-state index contributed by atoms with van der Waals surface area (Å²) in [6.07, 6.45) is 0. The highest BCUT2D eigenvalue weighted by Crippen LogP contribution is 2.43. The minimum absolute atomic E-state index is 0.0190. The first-order valence-electron chi connectivity index (χ1n) is 7.13. The van der Waals surface area contributed by atoms with Crippen LogP contribution in [0, 0.1) is 15.0 Å². The molecule has 1 aromatic heterocycles. The number of hydrogen-bond donors (Lipinski definition) is 2. The molecule has 3 aromatic rings. The predicted octanol–water partition coefficient (Wildman–Crippen LogP) is 3.56. The van der Waals surface area contributed by atoms with Gasteiger partial charge in [-0.05, 0) is 22.9 Å². The third-order valence-electron chi connectivity index (χ3n) is 4.17. The van der Waals surface area contributed by atoms with Crippen molar-refractivity contribution in [2.24, 2.45) is 5.18 Å². The van der Waals surface area contributed by atoms with Crippen molar-refractivity contribution >= 4 is 33.9 Å². The Kier molecular flexibility index (Phi) is 2.92. The van der Waals surface area contributed by atoms with E-state index in [0.29, 0.717) is 22.3 Å². The first-order valence-corrected chi connectivity index (χ1v) is 7.13. The van der Waals surface area contributed by atoms with Crippen LogP contribution in [0.4, 0.5) is 17.1 Å². The van der Waals surface area contributed by atoms with Gasteiger partial charge in [-0.3, -0.25) is 14.9 Å². The van der Waals surface area contributed by atoms with Gasteiger partial charge in [0.15, 0.2) is 0 Å². The molecule has 4 rings (SSSR count). The van der Waals surface area contributed by atoms with Crippen molar-refractivity contribution in [2.45, 2.75) is 5.92 Å². The van der Waals surface area contributed by atoms with Crippen LogP contribution in [0.25, 0.3) is 10.9 Å². The van der Waals surface area contributed by atoms with Gasteiger partial charge in [-0.25, -0.2) is 0 Å². The average Bonchev–Trinajstić information content (AvgIpc) is 3.09. The third-order valence-corrected chi connectivity index (χ3v) is 4.17. The summed E-state index contributed by atoms with van der Waals surface area (Å²) in [5, 5.41) is 17.1. The standard InChI is InChI=1S/C16H10N4O4/c21-16-13(9-3-1-2-4-11(9)18-16)15-14(19-22)10-7-8(20(23)24)5-6-12(10)17-15/h1-7,13,17H,(H,18,21). The van der Waals surface area contributed by atoms with Gasteiger partial charge in [0.25, 0.3) is 5.69 Å². The van der Waals surface area contributed by atoms with Crippen LogP contribution in [0.2, 0.25) is 0 Å². The summed E-state index contributed by atoms with van der Waals surface area (Å²) < 4.78 is 0. The Hall–Kier alpha value is -3.55. The molecule has 1 unspecified atom stereocenters. The highest BCUT2D eigenvalue weighted by atomic mass is 16.6. The van der Waals surface area contributed by atoms with Crippen molar-refractivity contribution in [3.05, 3.63) is 68.7 Å². The van der Waals surface area contributed by atoms with Crippen LogP contribution in [0.1, 0.15) is 17.2 Å². The number of anilines is 1. The zero-order chi connectivity index (χ0) is 16.8. The molecule has 1 aliphatic rings. The highest BCUT2D eigenvalue weighted by Gasteiger charge is 2.35. The van der Waals surface area contributed by atoms with Crippen LogP contribution < -0.4 is 5.32 Å². The lowest BCUT2D eigenvalue weighted by atomic mass is 9.96. The number of amides is 1. The largest absolute Gasteiger partial charge is 0.356 e. The molecule has 1 atom stereocenters. The van der Waals surface area contributed by atoms with Gasteiger partial charge >= 0.3 is 0 Å². The summed E-state index contributed by atoms with van der Waals surface area (Å²) in [5.74, 6) is -0.984. The van der Waals surface area contributed by atoms with Gasteiger partial charge in [0, 0.05) is 28.7 Å². The number of nitrogens with one attached hydrogen (secondary N) is 2. The summed E-state index contributed by atoms with van der Waals surface area (Å²) in [6.45, 7) is 0. The number of aromatic nitrogens is 1. The second kappa shape index (κ2) is 4.98. The van der Waals surface area contributed by atoms with E-state index in [4.69, 9.17) is 0 Å². The summed E-state index contributed by atoms with van der Waals surface area (Å²) in [5.41, 5.74) is 2.13. The van der Waals surface area contributed by atoms with E-state index in [9.17, 15) is 19.8 Å². The monoisotopic (exact) mass is 322 g/mol. The maximum Gasteiger partial charge on any atom is 0.270 e. The molecule has 0 saturated heterocycles. The summed E-state index contributed by atoms with van der Waals surface area (Å²) >= 11 is 0. The molecule has 0 aliphatic carbocycles. The van der Waals surface area contributed by atoms with Gasteiger partial charge in [0.05, 0.1) is 10.6 Å². The second-order valence-electron chi connectivity index (χ2n) is 5.48. The fraction of sp³-hybridized carbons (Fsp3) is 0.0625. The van der Waals surface area contributed by atoms with E-state index in [2.05, 4.69) is 15.5 Å². The van der Waals surface area contributed by atoms with Crippen LogP contribution in [0.15, 0.2) is 47.6 Å². The molecule has 0 radical (unpaired) electrons. The number of non-ortho nitro benzene ring substituents is 1. The van der Waals surface area contributed by atoms with Crippen LogP contribution in [-0.2, 0) is 4.79 Å². The van der Waals surface area contributed by atoms with E-state index in [-0.39, 0.29) is 17.3 Å². The predicted molar refractivity (Wildman–Crippen MR) is 87.3 cm³/mol. The van der Waals surface area contributed by atoms with E-state index >= 15 is 0 Å². The summed E-state index contributed by atoms with van der Waals surface area (Å²) in [6, 6.07) is 11.3. The fourth-order valence-electron chi connectivity index (χ4n) is 3.10. The molecule has 2 N–H and O–H groups in total. The molecular formula is C16H10N4O4. The smallest absolute Gasteiger partial charge is 0.270 e. The number of benzene rings is 2. The summed E-state index contributed by atoms with van der Waals surface area (Å²) in [4.78, 5) is 37.2. The van der Waals surface area contributed by atoms with E-state index in [1.54, 1.807) is 24.3 Å². The third kappa shape index (κ3) is 1.89. The Morgan fingerprint density at radius 2 is 1.96 bits per heavy atom. The lowest BCUT2D eigenvalue weighted by Crippen LogP contribution is -2.13. The first-order chi connectivity index (χ1) is 11.6. The van der Waals surface area contributed by atoms with Gasteiger partial charge in [-0.2, -0.15) is 0 Å². The van der Waals surface area contributed by atoms with Crippen LogP contribution in [-0.4, -0.2) is 15.8 Å². The number of nitroso groups, excluding NO2 is 1. The number of carbonyl (C=O) groups excluding carboxylic acids is 1. The topological polar surface area (TPSA) is 117 Å². The SMILES string of the molecule is O=Nc1c(C2C(=O)Nc3ccccc32)[nH]c2ccc([N+](=O)[O-])cc12. The maximum absolute atomic E-state index is 12.4. The first kappa shape index (κ1) is 14.1. The number of nitro groups is 1. The van der Waals surface area contributed by atoms with Crippen molar-refractivity contribution in [3.63, 3.8) is 0 Å². The van der Waals surface area contributed by atoms with E-state index in [1.807, 2.05) is 0 Å². The molecule has 118 valence electrons. The van der Waals surface area contributed by atoms with E-state index in [0.717, 1.165) is 5.56 Å². The molecule has 2 aromatic carbocycles. The molecule has 24 heavy (non-hydrogen) atoms. The minimum atomic E-state index is -0.708. The Morgan fingerprint density at radius 3 is 2.71 bits per heavy atom. The quantitative estimate of drug-likeness (QED) is 0.435. The Labute approximate surface area is 134 Å². The second-order valence-corrected chi connectivity index (χ2v) is 5.48. The minimum Gasteiger partial charge on any atom is -0.356 e. The number of hydrogen-bond acceptors (Lipinski definition) is 5. The lowest BCUT2D eigenvalue weighted by Gasteiger charge is -2.07. The normalized spacial score (nSPS) is 16.0. The molecule has 0 spiro atoms. The van der Waals surface area contributed by atoms with Gasteiger partial charge in [0.1, 0.15) is 11.6 Å². The number of para-hydroxylation sites is 1. The van der Waals surface area contributed by atoms with E-state index in [1.165, 1.54) is 18.2 Å². The van der Waals surface area contributed by atoms with Gasteiger partial charge in [-0.1, -0.05) is 18.2 Å². The Morgan fingerprint density at radius 1 is 1.17 bits per heavy atom.